The lowest BCUT2D eigenvalue weighted by molar-refractivity contribution is -0.156. The number of Topliss-reactive ketones (excluding diaryl/α,β-unsaturated/α-hetero) is 1. The van der Waals surface area contributed by atoms with Crippen molar-refractivity contribution in [1.29, 1.82) is 0 Å². The molecule has 5 nitrogen and oxygen atoms in total. The first-order valence-electron chi connectivity index (χ1n) is 13.8. The third-order valence-electron chi connectivity index (χ3n) is 11.1. The zero-order chi connectivity index (χ0) is 25.0. The van der Waals surface area contributed by atoms with Gasteiger partial charge in [-0.25, -0.2) is 4.79 Å². The average molecular weight is 483 g/mol. The molecule has 5 rings (SSSR count). The number of hydrogen-bond donors (Lipinski definition) is 2. The van der Waals surface area contributed by atoms with E-state index in [0.29, 0.717) is 35.4 Å². The number of aryl methyl sites for hydroxylation is 1. The summed E-state index contributed by atoms with van der Waals surface area (Å²) in [5, 5.41) is 21.0. The minimum Gasteiger partial charge on any atom is -0.507 e. The maximum atomic E-state index is 12.5. The zero-order valence-corrected chi connectivity index (χ0v) is 21.6. The standard InChI is InChI=1S/C30H42O5/c1-29-13-11-21(31)17-20(29)16-19(27-23-8-10-26(33)30(23,2)14-12-24(27)29)6-4-5-18-7-9-25(32)22(15-18)28(34)35-3/h7,9,15,19-20,23-24,26-27,32-33H,4-6,8,10-14,16-17H2,1-3H3/t19?,20?,23-,24+,26?,27-,29-,30-/m0/s1. The maximum absolute atomic E-state index is 12.5. The van der Waals surface area contributed by atoms with Crippen LogP contribution in [-0.4, -0.2) is 35.2 Å². The second-order valence-corrected chi connectivity index (χ2v) is 12.6. The Labute approximate surface area is 209 Å². The van der Waals surface area contributed by atoms with Crippen LogP contribution < -0.4 is 0 Å². The molecule has 4 aliphatic rings. The van der Waals surface area contributed by atoms with Gasteiger partial charge in [0, 0.05) is 12.8 Å². The number of ketones is 1. The molecule has 4 aliphatic carbocycles. The van der Waals surface area contributed by atoms with Crippen LogP contribution in [0.3, 0.4) is 0 Å². The minimum atomic E-state index is -0.512. The molecule has 0 aliphatic heterocycles. The van der Waals surface area contributed by atoms with Crippen molar-refractivity contribution in [3.8, 4) is 5.75 Å². The van der Waals surface area contributed by atoms with Crippen LogP contribution in [0.5, 0.6) is 5.75 Å². The Bertz CT molecular complexity index is 987. The fraction of sp³-hybridized carbons (Fsp3) is 0.733. The van der Waals surface area contributed by atoms with E-state index in [2.05, 4.69) is 13.8 Å². The summed E-state index contributed by atoms with van der Waals surface area (Å²) in [6, 6.07) is 5.24. The molecule has 0 heterocycles. The largest absolute Gasteiger partial charge is 0.507 e. The third kappa shape index (κ3) is 4.12. The van der Waals surface area contributed by atoms with Gasteiger partial charge < -0.3 is 14.9 Å². The van der Waals surface area contributed by atoms with Gasteiger partial charge in [0.2, 0.25) is 0 Å². The first-order chi connectivity index (χ1) is 16.7. The summed E-state index contributed by atoms with van der Waals surface area (Å²) in [6.07, 6.45) is 10.8. The number of aromatic hydroxyl groups is 1. The molecule has 8 atom stereocenters. The van der Waals surface area contributed by atoms with Crippen molar-refractivity contribution in [2.24, 2.45) is 40.4 Å². The highest BCUT2D eigenvalue weighted by molar-refractivity contribution is 5.92. The number of aliphatic hydroxyl groups excluding tert-OH is 1. The molecular weight excluding hydrogens is 440 g/mol. The molecule has 0 aromatic heterocycles. The molecule has 0 saturated heterocycles. The molecule has 5 heteroatoms. The van der Waals surface area contributed by atoms with E-state index >= 15 is 0 Å². The maximum Gasteiger partial charge on any atom is 0.341 e. The lowest BCUT2D eigenvalue weighted by Gasteiger charge is -2.62. The van der Waals surface area contributed by atoms with E-state index in [0.717, 1.165) is 69.8 Å². The van der Waals surface area contributed by atoms with Crippen molar-refractivity contribution in [2.75, 3.05) is 7.11 Å². The Balaban J connectivity index is 1.36. The van der Waals surface area contributed by atoms with Crippen molar-refractivity contribution in [3.05, 3.63) is 29.3 Å². The molecular formula is C30H42O5. The van der Waals surface area contributed by atoms with Gasteiger partial charge in [0.1, 0.15) is 17.1 Å². The lowest BCUT2D eigenvalue weighted by Crippen LogP contribution is -2.57. The Kier molecular flexibility index (Phi) is 6.52. The van der Waals surface area contributed by atoms with E-state index in [-0.39, 0.29) is 28.2 Å². The van der Waals surface area contributed by atoms with Crippen molar-refractivity contribution in [2.45, 2.75) is 90.6 Å². The molecule has 192 valence electrons. The Morgan fingerprint density at radius 3 is 2.66 bits per heavy atom. The van der Waals surface area contributed by atoms with Gasteiger partial charge in [0.05, 0.1) is 13.2 Å². The molecule has 1 aromatic carbocycles. The van der Waals surface area contributed by atoms with Crippen LogP contribution in [0, 0.1) is 40.4 Å². The number of benzene rings is 1. The highest BCUT2D eigenvalue weighted by atomic mass is 16.5. The monoisotopic (exact) mass is 482 g/mol. The van der Waals surface area contributed by atoms with Gasteiger partial charge >= 0.3 is 5.97 Å². The average Bonchev–Trinajstić information content (AvgIpc) is 3.14. The first-order valence-corrected chi connectivity index (χ1v) is 13.8. The van der Waals surface area contributed by atoms with Gasteiger partial charge in [-0.15, -0.1) is 0 Å². The predicted octanol–water partition coefficient (Wildman–Crippen LogP) is 5.70. The topological polar surface area (TPSA) is 83.8 Å². The summed E-state index contributed by atoms with van der Waals surface area (Å²) < 4.78 is 4.81. The molecule has 2 N–H and O–H groups in total. The zero-order valence-electron chi connectivity index (χ0n) is 21.6. The SMILES string of the molecule is COC(=O)c1cc(CCCC2CC3CC(=O)CC[C@]3(C)[C@@H]3CC[C@]4(C)C(O)CC[C@H]4[C@H]23)ccc1O. The number of phenols is 1. The van der Waals surface area contributed by atoms with Crippen LogP contribution in [-0.2, 0) is 16.0 Å². The number of carbonyl (C=O) groups is 2. The van der Waals surface area contributed by atoms with Gasteiger partial charge in [0.25, 0.3) is 0 Å². The highest BCUT2D eigenvalue weighted by Crippen LogP contribution is 2.67. The molecule has 35 heavy (non-hydrogen) atoms. The van der Waals surface area contributed by atoms with Gasteiger partial charge in [-0.1, -0.05) is 19.9 Å². The minimum absolute atomic E-state index is 0.0411. The molecule has 0 bridgehead atoms. The van der Waals surface area contributed by atoms with E-state index in [1.165, 1.54) is 13.5 Å². The quantitative estimate of drug-likeness (QED) is 0.526. The summed E-state index contributed by atoms with van der Waals surface area (Å²) >= 11 is 0. The van der Waals surface area contributed by atoms with Crippen LogP contribution in [0.15, 0.2) is 18.2 Å². The molecule has 0 amide bonds. The summed E-state index contributed by atoms with van der Waals surface area (Å²) in [7, 11) is 1.33. The normalized spacial score (nSPS) is 40.5. The molecule has 3 unspecified atom stereocenters. The van der Waals surface area contributed by atoms with E-state index in [1.54, 1.807) is 12.1 Å². The van der Waals surface area contributed by atoms with E-state index in [4.69, 9.17) is 4.74 Å². The molecule has 1 aromatic rings. The van der Waals surface area contributed by atoms with Crippen molar-refractivity contribution >= 4 is 11.8 Å². The number of hydrogen-bond acceptors (Lipinski definition) is 5. The number of fused-ring (bicyclic) bond motifs is 5. The molecule has 0 spiro atoms. The van der Waals surface area contributed by atoms with Crippen LogP contribution in [0.1, 0.15) is 94.0 Å². The fourth-order valence-electron chi connectivity index (χ4n) is 9.07. The Hall–Kier alpha value is -1.88. The summed E-state index contributed by atoms with van der Waals surface area (Å²) in [6.45, 7) is 4.82. The number of phenolic OH excluding ortho intramolecular Hbond substituents is 1. The Morgan fingerprint density at radius 2 is 1.89 bits per heavy atom. The van der Waals surface area contributed by atoms with Crippen LogP contribution in [0.25, 0.3) is 0 Å². The van der Waals surface area contributed by atoms with E-state index in [1.807, 2.05) is 6.07 Å². The van der Waals surface area contributed by atoms with Crippen LogP contribution in [0.2, 0.25) is 0 Å². The van der Waals surface area contributed by atoms with Crippen molar-refractivity contribution < 1.29 is 24.5 Å². The molecule has 0 radical (unpaired) electrons. The van der Waals surface area contributed by atoms with Crippen LogP contribution >= 0.6 is 0 Å². The van der Waals surface area contributed by atoms with Gasteiger partial charge in [-0.3, -0.25) is 4.79 Å². The Morgan fingerprint density at radius 1 is 1.11 bits per heavy atom. The second kappa shape index (κ2) is 9.21. The highest BCUT2D eigenvalue weighted by Gasteiger charge is 2.62. The van der Waals surface area contributed by atoms with Gasteiger partial charge in [-0.2, -0.15) is 0 Å². The number of aliphatic hydroxyl groups is 1. The smallest absolute Gasteiger partial charge is 0.341 e. The third-order valence-corrected chi connectivity index (χ3v) is 11.1. The number of rotatable bonds is 5. The predicted molar refractivity (Wildman–Crippen MR) is 134 cm³/mol. The summed E-state index contributed by atoms with van der Waals surface area (Å²) in [4.78, 5) is 24.4. The fourth-order valence-corrected chi connectivity index (χ4v) is 9.07. The summed E-state index contributed by atoms with van der Waals surface area (Å²) in [5.74, 6) is 2.83. The van der Waals surface area contributed by atoms with Crippen LogP contribution in [0.4, 0.5) is 0 Å². The van der Waals surface area contributed by atoms with Gasteiger partial charge in [0.15, 0.2) is 0 Å². The summed E-state index contributed by atoms with van der Waals surface area (Å²) in [5.41, 5.74) is 1.57. The first kappa shape index (κ1) is 24.8. The number of esters is 1. The van der Waals surface area contributed by atoms with Crippen molar-refractivity contribution in [1.82, 2.24) is 0 Å². The number of ether oxygens (including phenoxy) is 1. The molecule has 4 saturated carbocycles. The lowest BCUT2D eigenvalue weighted by atomic mass is 9.42. The van der Waals surface area contributed by atoms with E-state index < -0.39 is 5.97 Å². The molecule has 4 fully saturated rings. The second-order valence-electron chi connectivity index (χ2n) is 12.6. The van der Waals surface area contributed by atoms with Gasteiger partial charge in [-0.05, 0) is 116 Å². The van der Waals surface area contributed by atoms with E-state index in [9.17, 15) is 19.8 Å². The number of methoxy groups -OCH3 is 1. The van der Waals surface area contributed by atoms with Crippen molar-refractivity contribution in [3.63, 3.8) is 0 Å². The number of carbonyl (C=O) groups excluding carboxylic acids is 2.